The normalized spacial score (nSPS) is 10.6. The van der Waals surface area contributed by atoms with E-state index in [-0.39, 0.29) is 5.91 Å². The minimum absolute atomic E-state index is 0.316. The van der Waals surface area contributed by atoms with Gasteiger partial charge in [0.2, 0.25) is 0 Å². The van der Waals surface area contributed by atoms with Crippen molar-refractivity contribution in [1.82, 2.24) is 15.2 Å². The van der Waals surface area contributed by atoms with Gasteiger partial charge in [0.05, 0.1) is 5.69 Å². The predicted molar refractivity (Wildman–Crippen MR) is 102 cm³/mol. The molecule has 5 nitrogen and oxygen atoms in total. The molecule has 0 fully saturated rings. The first-order chi connectivity index (χ1) is 13.2. The molecule has 0 aliphatic heterocycles. The van der Waals surface area contributed by atoms with Crippen molar-refractivity contribution in [2.45, 2.75) is 0 Å². The number of H-pyrrole nitrogens is 1. The third-order valence-corrected chi connectivity index (χ3v) is 4.11. The van der Waals surface area contributed by atoms with E-state index in [9.17, 15) is 9.18 Å². The van der Waals surface area contributed by atoms with Crippen LogP contribution in [-0.4, -0.2) is 21.1 Å². The number of carbonyl (C=O) groups excluding carboxylic acids is 1. The first-order valence-corrected chi connectivity index (χ1v) is 8.32. The molecule has 1 amide bonds. The molecule has 0 saturated carbocycles. The molecule has 4 rings (SSSR count). The van der Waals surface area contributed by atoms with Crippen molar-refractivity contribution in [2.24, 2.45) is 0 Å². The summed E-state index contributed by atoms with van der Waals surface area (Å²) in [5, 5.41) is 9.91. The molecule has 27 heavy (non-hydrogen) atoms. The van der Waals surface area contributed by atoms with E-state index in [0.29, 0.717) is 11.3 Å². The number of nitrogens with one attached hydrogen (secondary N) is 2. The number of pyridine rings is 1. The Kier molecular flexibility index (Phi) is 4.45. The van der Waals surface area contributed by atoms with Crippen LogP contribution in [0.1, 0.15) is 10.4 Å². The summed E-state index contributed by atoms with van der Waals surface area (Å²) in [6.07, 6.45) is 5.24. The number of aromatic amines is 1. The van der Waals surface area contributed by atoms with Crippen molar-refractivity contribution in [3.05, 3.63) is 90.6 Å². The van der Waals surface area contributed by atoms with Gasteiger partial charge in [-0.15, -0.1) is 0 Å². The standard InChI is InChI=1S/C21H15FN4O/c22-17-5-2-6-18(12-17)25-21(27)16-4-1-3-15(11-16)20-19(13-24-26-20)14-7-9-23-10-8-14/h1-13H,(H,24,26)(H,25,27). The summed E-state index contributed by atoms with van der Waals surface area (Å²) in [6.45, 7) is 0. The number of benzene rings is 2. The minimum atomic E-state index is -0.403. The van der Waals surface area contributed by atoms with Crippen LogP contribution in [0.4, 0.5) is 10.1 Å². The zero-order valence-electron chi connectivity index (χ0n) is 14.2. The monoisotopic (exact) mass is 358 g/mol. The summed E-state index contributed by atoms with van der Waals surface area (Å²) in [5.41, 5.74) is 4.29. The summed E-state index contributed by atoms with van der Waals surface area (Å²) in [6, 6.07) is 16.7. The summed E-state index contributed by atoms with van der Waals surface area (Å²) >= 11 is 0. The van der Waals surface area contributed by atoms with Crippen LogP contribution < -0.4 is 5.32 Å². The number of halogens is 1. The van der Waals surface area contributed by atoms with Crippen molar-refractivity contribution in [3.63, 3.8) is 0 Å². The van der Waals surface area contributed by atoms with Crippen molar-refractivity contribution in [2.75, 3.05) is 5.32 Å². The fraction of sp³-hybridized carbons (Fsp3) is 0. The Morgan fingerprint density at radius 3 is 2.59 bits per heavy atom. The van der Waals surface area contributed by atoms with E-state index >= 15 is 0 Å². The van der Waals surface area contributed by atoms with Crippen LogP contribution in [0.3, 0.4) is 0 Å². The lowest BCUT2D eigenvalue weighted by molar-refractivity contribution is 0.102. The Bertz CT molecular complexity index is 1090. The van der Waals surface area contributed by atoms with Crippen LogP contribution >= 0.6 is 0 Å². The van der Waals surface area contributed by atoms with Gasteiger partial charge in [-0.2, -0.15) is 5.10 Å². The topological polar surface area (TPSA) is 70.7 Å². The van der Waals surface area contributed by atoms with E-state index in [4.69, 9.17) is 0 Å². The number of aromatic nitrogens is 3. The highest BCUT2D eigenvalue weighted by Gasteiger charge is 2.13. The third-order valence-electron chi connectivity index (χ3n) is 4.11. The zero-order chi connectivity index (χ0) is 18.6. The number of anilines is 1. The summed E-state index contributed by atoms with van der Waals surface area (Å²) in [5.74, 6) is -0.719. The van der Waals surface area contributed by atoms with Gasteiger partial charge in [0.25, 0.3) is 5.91 Å². The largest absolute Gasteiger partial charge is 0.322 e. The number of amides is 1. The second kappa shape index (κ2) is 7.21. The van der Waals surface area contributed by atoms with Crippen LogP contribution in [0.5, 0.6) is 0 Å². The third kappa shape index (κ3) is 3.59. The Morgan fingerprint density at radius 2 is 1.78 bits per heavy atom. The van der Waals surface area contributed by atoms with Crippen LogP contribution in [-0.2, 0) is 0 Å². The lowest BCUT2D eigenvalue weighted by Crippen LogP contribution is -2.12. The molecule has 4 aromatic rings. The van der Waals surface area contributed by atoms with E-state index in [1.165, 1.54) is 12.1 Å². The Balaban J connectivity index is 1.64. The average Bonchev–Trinajstić information content (AvgIpc) is 3.19. The quantitative estimate of drug-likeness (QED) is 0.563. The van der Waals surface area contributed by atoms with Gasteiger partial charge in [-0.05, 0) is 48.0 Å². The Hall–Kier alpha value is -3.80. The van der Waals surface area contributed by atoms with Gasteiger partial charge in [-0.25, -0.2) is 4.39 Å². The molecule has 2 aromatic carbocycles. The molecule has 0 aliphatic rings. The Morgan fingerprint density at radius 1 is 0.963 bits per heavy atom. The molecular weight excluding hydrogens is 343 g/mol. The molecule has 0 atom stereocenters. The number of nitrogens with zero attached hydrogens (tertiary/aromatic N) is 2. The Labute approximate surface area is 154 Å². The minimum Gasteiger partial charge on any atom is -0.322 e. The zero-order valence-corrected chi connectivity index (χ0v) is 14.2. The molecule has 0 saturated heterocycles. The molecular formula is C21H15FN4O. The first kappa shape index (κ1) is 16.7. The summed E-state index contributed by atoms with van der Waals surface area (Å²) in [4.78, 5) is 16.6. The molecule has 0 unspecified atom stereocenters. The van der Waals surface area contributed by atoms with Gasteiger partial charge in [0.15, 0.2) is 0 Å². The molecule has 0 radical (unpaired) electrons. The van der Waals surface area contributed by atoms with Crippen LogP contribution in [0.25, 0.3) is 22.4 Å². The number of hydrogen-bond acceptors (Lipinski definition) is 3. The van der Waals surface area contributed by atoms with E-state index in [1.807, 2.05) is 24.4 Å². The van der Waals surface area contributed by atoms with Crippen LogP contribution in [0, 0.1) is 5.82 Å². The highest BCUT2D eigenvalue weighted by Crippen LogP contribution is 2.30. The number of carbonyl (C=O) groups is 1. The van der Waals surface area contributed by atoms with Crippen molar-refractivity contribution < 1.29 is 9.18 Å². The second-order valence-electron chi connectivity index (χ2n) is 5.93. The maximum atomic E-state index is 13.3. The van der Waals surface area contributed by atoms with Gasteiger partial charge in [-0.1, -0.05) is 18.2 Å². The second-order valence-corrected chi connectivity index (χ2v) is 5.93. The lowest BCUT2D eigenvalue weighted by Gasteiger charge is -2.07. The summed E-state index contributed by atoms with van der Waals surface area (Å²) < 4.78 is 13.3. The highest BCUT2D eigenvalue weighted by molar-refractivity contribution is 6.05. The van der Waals surface area contributed by atoms with E-state index in [1.54, 1.807) is 42.7 Å². The number of rotatable bonds is 4. The predicted octanol–water partition coefficient (Wildman–Crippen LogP) is 4.53. The molecule has 6 heteroatoms. The molecule has 2 heterocycles. The van der Waals surface area contributed by atoms with Crippen molar-refractivity contribution in [3.8, 4) is 22.4 Å². The van der Waals surface area contributed by atoms with Gasteiger partial charge < -0.3 is 5.32 Å². The van der Waals surface area contributed by atoms with Crippen LogP contribution in [0.15, 0.2) is 79.3 Å². The molecule has 2 N–H and O–H groups in total. The fourth-order valence-electron chi connectivity index (χ4n) is 2.84. The maximum absolute atomic E-state index is 13.3. The molecule has 0 bridgehead atoms. The smallest absolute Gasteiger partial charge is 0.255 e. The SMILES string of the molecule is O=C(Nc1cccc(F)c1)c1cccc(-c2n[nH]cc2-c2ccncc2)c1. The van der Waals surface area contributed by atoms with E-state index in [2.05, 4.69) is 20.5 Å². The van der Waals surface area contributed by atoms with Crippen molar-refractivity contribution >= 4 is 11.6 Å². The van der Waals surface area contributed by atoms with Crippen LogP contribution in [0.2, 0.25) is 0 Å². The van der Waals surface area contributed by atoms with Gasteiger partial charge in [-0.3, -0.25) is 14.9 Å². The van der Waals surface area contributed by atoms with E-state index < -0.39 is 5.82 Å². The van der Waals surface area contributed by atoms with Gasteiger partial charge in [0.1, 0.15) is 5.82 Å². The lowest BCUT2D eigenvalue weighted by atomic mass is 10.0. The maximum Gasteiger partial charge on any atom is 0.255 e. The van der Waals surface area contributed by atoms with Gasteiger partial charge in [0, 0.05) is 41.0 Å². The average molecular weight is 358 g/mol. The fourth-order valence-corrected chi connectivity index (χ4v) is 2.84. The molecule has 2 aromatic heterocycles. The van der Waals surface area contributed by atoms with Gasteiger partial charge >= 0.3 is 0 Å². The first-order valence-electron chi connectivity index (χ1n) is 8.32. The number of hydrogen-bond donors (Lipinski definition) is 2. The highest BCUT2D eigenvalue weighted by atomic mass is 19.1. The van der Waals surface area contributed by atoms with Crippen molar-refractivity contribution in [1.29, 1.82) is 0 Å². The molecule has 0 spiro atoms. The van der Waals surface area contributed by atoms with E-state index in [0.717, 1.165) is 22.4 Å². The molecule has 0 aliphatic carbocycles. The molecule has 132 valence electrons. The summed E-state index contributed by atoms with van der Waals surface area (Å²) in [7, 11) is 0.